The normalized spacial score (nSPS) is 21.3. The maximum Gasteiger partial charge on any atom is 0.162 e. The lowest BCUT2D eigenvalue weighted by molar-refractivity contribution is -0.0352. The predicted molar refractivity (Wildman–Crippen MR) is 78.3 cm³/mol. The van der Waals surface area contributed by atoms with Gasteiger partial charge in [-0.2, -0.15) is 0 Å². The van der Waals surface area contributed by atoms with E-state index in [1.807, 2.05) is 0 Å². The van der Waals surface area contributed by atoms with Gasteiger partial charge in [0.2, 0.25) is 0 Å². The number of fused-ring (bicyclic) bond motifs is 1. The predicted octanol–water partition coefficient (Wildman–Crippen LogP) is 2.45. The Hall–Kier alpha value is -1.20. The molecule has 0 bridgehead atoms. The van der Waals surface area contributed by atoms with Crippen LogP contribution in [0.3, 0.4) is 0 Å². The molecule has 1 saturated carbocycles. The number of hydrogen-bond acceptors (Lipinski definition) is 5. The van der Waals surface area contributed by atoms with Gasteiger partial charge >= 0.3 is 0 Å². The van der Waals surface area contributed by atoms with Gasteiger partial charge in [-0.15, -0.1) is 0 Å². The summed E-state index contributed by atoms with van der Waals surface area (Å²) in [6, 6.07) is 0. The number of methoxy groups -OCH3 is 1. The molecule has 20 heavy (non-hydrogen) atoms. The van der Waals surface area contributed by atoms with Crippen molar-refractivity contribution in [2.45, 2.75) is 63.4 Å². The average Bonchev–Trinajstić information content (AvgIpc) is 2.82. The third-order valence-corrected chi connectivity index (χ3v) is 4.78. The summed E-state index contributed by atoms with van der Waals surface area (Å²) in [6.07, 6.45) is 10.1. The third-order valence-electron chi connectivity index (χ3n) is 4.78. The molecule has 2 aliphatic rings. The molecule has 0 aromatic carbocycles. The first-order valence-electron chi connectivity index (χ1n) is 7.71. The lowest BCUT2D eigenvalue weighted by Gasteiger charge is -2.30. The SMILES string of the molecule is COC1(c2nc3c(c(NN)n2)CCC3)CCCCCC1. The summed E-state index contributed by atoms with van der Waals surface area (Å²) in [5.74, 6) is 7.28. The van der Waals surface area contributed by atoms with E-state index in [0.29, 0.717) is 0 Å². The number of rotatable bonds is 3. The summed E-state index contributed by atoms with van der Waals surface area (Å²) in [4.78, 5) is 9.54. The Kier molecular flexibility index (Phi) is 3.89. The van der Waals surface area contributed by atoms with Gasteiger partial charge in [-0.05, 0) is 32.1 Å². The fourth-order valence-corrected chi connectivity index (χ4v) is 3.57. The molecule has 0 amide bonds. The fraction of sp³-hybridized carbons (Fsp3) is 0.733. The quantitative estimate of drug-likeness (QED) is 0.504. The summed E-state index contributed by atoms with van der Waals surface area (Å²) in [7, 11) is 1.79. The Labute approximate surface area is 120 Å². The van der Waals surface area contributed by atoms with Crippen molar-refractivity contribution < 1.29 is 4.74 Å². The second kappa shape index (κ2) is 5.66. The van der Waals surface area contributed by atoms with Crippen molar-refractivity contribution in [2.24, 2.45) is 5.84 Å². The monoisotopic (exact) mass is 276 g/mol. The minimum absolute atomic E-state index is 0.320. The van der Waals surface area contributed by atoms with Crippen LogP contribution in [0.4, 0.5) is 5.82 Å². The van der Waals surface area contributed by atoms with Gasteiger partial charge in [0.1, 0.15) is 11.4 Å². The smallest absolute Gasteiger partial charge is 0.162 e. The zero-order chi connectivity index (χ0) is 14.0. The number of nitrogen functional groups attached to an aromatic ring is 1. The minimum atomic E-state index is -0.320. The maximum atomic E-state index is 5.91. The topological polar surface area (TPSA) is 73.1 Å². The number of nitrogens with two attached hydrogens (primary N) is 1. The molecule has 2 aliphatic carbocycles. The minimum Gasteiger partial charge on any atom is -0.370 e. The van der Waals surface area contributed by atoms with Crippen LogP contribution in [0.1, 0.15) is 62.0 Å². The molecule has 1 fully saturated rings. The second-order valence-corrected chi connectivity index (χ2v) is 5.93. The molecule has 1 aromatic heterocycles. The van der Waals surface area contributed by atoms with Crippen molar-refractivity contribution in [3.8, 4) is 0 Å². The molecule has 1 aromatic rings. The first-order chi connectivity index (χ1) is 9.79. The van der Waals surface area contributed by atoms with Crippen molar-refractivity contribution in [3.63, 3.8) is 0 Å². The highest BCUT2D eigenvalue weighted by molar-refractivity contribution is 5.48. The van der Waals surface area contributed by atoms with E-state index in [9.17, 15) is 0 Å². The van der Waals surface area contributed by atoms with Crippen molar-refractivity contribution in [2.75, 3.05) is 12.5 Å². The van der Waals surface area contributed by atoms with E-state index in [1.165, 1.54) is 31.2 Å². The van der Waals surface area contributed by atoms with Gasteiger partial charge in [0, 0.05) is 18.4 Å². The molecule has 0 radical (unpaired) electrons. The largest absolute Gasteiger partial charge is 0.370 e. The summed E-state index contributed by atoms with van der Waals surface area (Å²) < 4.78 is 5.91. The van der Waals surface area contributed by atoms with E-state index >= 15 is 0 Å². The lowest BCUT2D eigenvalue weighted by Crippen LogP contribution is -2.31. The molecule has 0 aliphatic heterocycles. The molecule has 0 saturated heterocycles. The molecule has 0 unspecified atom stereocenters. The zero-order valence-corrected chi connectivity index (χ0v) is 12.2. The number of hydrogen-bond donors (Lipinski definition) is 2. The van der Waals surface area contributed by atoms with Crippen LogP contribution in [0.2, 0.25) is 0 Å². The summed E-state index contributed by atoms with van der Waals surface area (Å²) in [5, 5.41) is 0. The number of aromatic nitrogens is 2. The van der Waals surface area contributed by atoms with Crippen LogP contribution in [0, 0.1) is 0 Å². The third kappa shape index (κ3) is 2.29. The van der Waals surface area contributed by atoms with Crippen LogP contribution < -0.4 is 11.3 Å². The highest BCUT2D eigenvalue weighted by atomic mass is 16.5. The Bertz CT molecular complexity index is 481. The van der Waals surface area contributed by atoms with Gasteiger partial charge in [-0.3, -0.25) is 0 Å². The highest BCUT2D eigenvalue weighted by Crippen LogP contribution is 2.39. The van der Waals surface area contributed by atoms with Crippen LogP contribution >= 0.6 is 0 Å². The van der Waals surface area contributed by atoms with Crippen molar-refractivity contribution in [1.29, 1.82) is 0 Å². The molecule has 0 atom stereocenters. The molecule has 5 nitrogen and oxygen atoms in total. The number of nitrogens with one attached hydrogen (secondary N) is 1. The van der Waals surface area contributed by atoms with Gasteiger partial charge in [-0.25, -0.2) is 15.8 Å². The molecular formula is C15H24N4O. The van der Waals surface area contributed by atoms with Crippen LogP contribution in [0.25, 0.3) is 0 Å². The number of aryl methyl sites for hydroxylation is 1. The lowest BCUT2D eigenvalue weighted by atomic mass is 9.92. The van der Waals surface area contributed by atoms with Crippen LogP contribution in [-0.4, -0.2) is 17.1 Å². The number of hydrazine groups is 1. The van der Waals surface area contributed by atoms with Crippen molar-refractivity contribution in [3.05, 3.63) is 17.1 Å². The second-order valence-electron chi connectivity index (χ2n) is 5.93. The molecule has 3 N–H and O–H groups in total. The zero-order valence-electron chi connectivity index (χ0n) is 12.2. The average molecular weight is 276 g/mol. The molecule has 3 rings (SSSR count). The van der Waals surface area contributed by atoms with Gasteiger partial charge in [0.05, 0.1) is 0 Å². The summed E-state index contributed by atoms with van der Waals surface area (Å²) in [5.41, 5.74) is 4.78. The van der Waals surface area contributed by atoms with E-state index < -0.39 is 0 Å². The molecular weight excluding hydrogens is 252 g/mol. The molecule has 0 spiro atoms. The van der Waals surface area contributed by atoms with Gasteiger partial charge in [-0.1, -0.05) is 25.7 Å². The Morgan fingerprint density at radius 3 is 2.45 bits per heavy atom. The van der Waals surface area contributed by atoms with E-state index in [-0.39, 0.29) is 5.60 Å². The Morgan fingerprint density at radius 1 is 1.05 bits per heavy atom. The van der Waals surface area contributed by atoms with E-state index in [1.54, 1.807) is 7.11 Å². The van der Waals surface area contributed by atoms with Crippen molar-refractivity contribution >= 4 is 5.82 Å². The van der Waals surface area contributed by atoms with Crippen molar-refractivity contribution in [1.82, 2.24) is 9.97 Å². The van der Waals surface area contributed by atoms with Gasteiger partial charge in [0.15, 0.2) is 5.82 Å². The molecule has 110 valence electrons. The Morgan fingerprint density at radius 2 is 1.80 bits per heavy atom. The fourth-order valence-electron chi connectivity index (χ4n) is 3.57. The highest BCUT2D eigenvalue weighted by Gasteiger charge is 2.37. The van der Waals surface area contributed by atoms with Gasteiger partial charge < -0.3 is 10.2 Å². The number of nitrogens with zero attached hydrogens (tertiary/aromatic N) is 2. The summed E-state index contributed by atoms with van der Waals surface area (Å²) >= 11 is 0. The first kappa shape index (κ1) is 13.8. The van der Waals surface area contributed by atoms with E-state index in [2.05, 4.69) is 5.43 Å². The standard InChI is InChI=1S/C15H24N4O/c1-20-15(9-4-2-3-5-10-15)14-17-12-8-6-7-11(12)13(18-14)19-16/h2-10,16H2,1H3,(H,17,18,19). The molecule has 1 heterocycles. The first-order valence-corrected chi connectivity index (χ1v) is 7.71. The molecule has 5 heteroatoms. The van der Waals surface area contributed by atoms with E-state index in [4.69, 9.17) is 20.5 Å². The van der Waals surface area contributed by atoms with Crippen LogP contribution in [0.5, 0.6) is 0 Å². The number of ether oxygens (including phenoxy) is 1. The number of anilines is 1. The van der Waals surface area contributed by atoms with E-state index in [0.717, 1.165) is 49.4 Å². The Balaban J connectivity index is 2.03. The van der Waals surface area contributed by atoms with Crippen LogP contribution in [0.15, 0.2) is 0 Å². The van der Waals surface area contributed by atoms with Gasteiger partial charge in [0.25, 0.3) is 0 Å². The van der Waals surface area contributed by atoms with Crippen LogP contribution in [-0.2, 0) is 23.2 Å². The summed E-state index contributed by atoms with van der Waals surface area (Å²) in [6.45, 7) is 0. The maximum absolute atomic E-state index is 5.91.